The minimum Gasteiger partial charge on any atom is -0.381 e. The van der Waals surface area contributed by atoms with Gasteiger partial charge in [0.05, 0.1) is 6.61 Å². The van der Waals surface area contributed by atoms with Crippen molar-refractivity contribution in [3.8, 4) is 0 Å². The summed E-state index contributed by atoms with van der Waals surface area (Å²) in [6.45, 7) is 5.33. The number of ether oxygens (including phenoxy) is 1. The average molecular weight is 326 g/mol. The van der Waals surface area contributed by atoms with E-state index in [1.54, 1.807) is 0 Å². The minimum absolute atomic E-state index is 0.120. The number of amides is 1. The van der Waals surface area contributed by atoms with Crippen LogP contribution < -0.4 is 0 Å². The van der Waals surface area contributed by atoms with Crippen LogP contribution in [0.25, 0.3) is 0 Å². The molecule has 0 aromatic heterocycles. The lowest BCUT2D eigenvalue weighted by molar-refractivity contribution is 0.0720. The first-order valence-corrected chi connectivity index (χ1v) is 7.62. The van der Waals surface area contributed by atoms with Gasteiger partial charge in [-0.15, -0.1) is 0 Å². The molecule has 0 aliphatic carbocycles. The third kappa shape index (κ3) is 4.05. The second-order valence-electron chi connectivity index (χ2n) is 4.99. The maximum atomic E-state index is 12.5. The molecule has 0 bridgehead atoms. The Kier molecular flexibility index (Phi) is 5.40. The van der Waals surface area contributed by atoms with Crippen molar-refractivity contribution in [2.45, 2.75) is 19.8 Å². The van der Waals surface area contributed by atoms with E-state index >= 15 is 0 Å². The van der Waals surface area contributed by atoms with Gasteiger partial charge < -0.3 is 9.64 Å². The Balaban J connectivity index is 2.06. The molecule has 1 aromatic rings. The van der Waals surface area contributed by atoms with E-state index in [-0.39, 0.29) is 5.91 Å². The summed E-state index contributed by atoms with van der Waals surface area (Å²) in [7, 11) is 0. The fourth-order valence-electron chi connectivity index (χ4n) is 2.39. The topological polar surface area (TPSA) is 29.5 Å². The molecule has 4 heteroatoms. The molecule has 0 radical (unpaired) electrons. The van der Waals surface area contributed by atoms with Crippen LogP contribution in [0.3, 0.4) is 0 Å². The number of hydrogen-bond donors (Lipinski definition) is 0. The molecule has 1 fully saturated rings. The molecule has 1 aliphatic rings. The van der Waals surface area contributed by atoms with Crippen molar-refractivity contribution in [2.24, 2.45) is 5.92 Å². The molecule has 19 heavy (non-hydrogen) atoms. The molecule has 0 spiro atoms. The highest BCUT2D eigenvalue weighted by atomic mass is 79.9. The van der Waals surface area contributed by atoms with Crippen LogP contribution in [0.1, 0.15) is 30.1 Å². The van der Waals surface area contributed by atoms with Crippen LogP contribution in [0.15, 0.2) is 28.7 Å². The van der Waals surface area contributed by atoms with Gasteiger partial charge in [-0.1, -0.05) is 28.9 Å². The SMILES string of the molecule is CCCN(CC1CCOC1)C(=O)c1cccc(Br)c1. The maximum Gasteiger partial charge on any atom is 0.253 e. The van der Waals surface area contributed by atoms with Crippen molar-refractivity contribution in [3.63, 3.8) is 0 Å². The van der Waals surface area contributed by atoms with E-state index in [0.717, 1.165) is 49.2 Å². The summed E-state index contributed by atoms with van der Waals surface area (Å²) in [4.78, 5) is 14.5. The largest absolute Gasteiger partial charge is 0.381 e. The van der Waals surface area contributed by atoms with E-state index in [0.29, 0.717) is 5.92 Å². The number of benzene rings is 1. The summed E-state index contributed by atoms with van der Waals surface area (Å²) in [5, 5.41) is 0. The van der Waals surface area contributed by atoms with E-state index < -0.39 is 0 Å². The van der Waals surface area contributed by atoms with Crippen molar-refractivity contribution in [3.05, 3.63) is 34.3 Å². The van der Waals surface area contributed by atoms with Crippen LogP contribution in [0.2, 0.25) is 0 Å². The lowest BCUT2D eigenvalue weighted by atomic mass is 10.1. The molecule has 1 aromatic carbocycles. The van der Waals surface area contributed by atoms with E-state index in [4.69, 9.17) is 4.74 Å². The van der Waals surface area contributed by atoms with Gasteiger partial charge in [0.25, 0.3) is 5.91 Å². The van der Waals surface area contributed by atoms with Crippen LogP contribution >= 0.6 is 15.9 Å². The van der Waals surface area contributed by atoms with Gasteiger partial charge in [0.15, 0.2) is 0 Å². The van der Waals surface area contributed by atoms with Crippen molar-refractivity contribution in [2.75, 3.05) is 26.3 Å². The molecule has 1 saturated heterocycles. The highest BCUT2D eigenvalue weighted by Gasteiger charge is 2.22. The molecule has 2 rings (SSSR count). The Labute approximate surface area is 123 Å². The van der Waals surface area contributed by atoms with Crippen molar-refractivity contribution < 1.29 is 9.53 Å². The molecule has 0 N–H and O–H groups in total. The molecule has 3 nitrogen and oxygen atoms in total. The molecule has 1 amide bonds. The summed E-state index contributed by atoms with van der Waals surface area (Å²) in [5.41, 5.74) is 0.752. The molecular formula is C15H20BrNO2. The quantitative estimate of drug-likeness (QED) is 0.831. The van der Waals surface area contributed by atoms with Crippen LogP contribution in [0.4, 0.5) is 0 Å². The van der Waals surface area contributed by atoms with Crippen LogP contribution in [0, 0.1) is 5.92 Å². The van der Waals surface area contributed by atoms with Gasteiger partial charge in [-0.3, -0.25) is 4.79 Å². The summed E-state index contributed by atoms with van der Waals surface area (Å²) < 4.78 is 6.34. The molecule has 1 heterocycles. The highest BCUT2D eigenvalue weighted by molar-refractivity contribution is 9.10. The molecule has 0 saturated carbocycles. The van der Waals surface area contributed by atoms with Gasteiger partial charge in [0.2, 0.25) is 0 Å². The molecule has 1 unspecified atom stereocenters. The van der Waals surface area contributed by atoms with Crippen LogP contribution in [-0.2, 0) is 4.74 Å². The fraction of sp³-hybridized carbons (Fsp3) is 0.533. The molecular weight excluding hydrogens is 306 g/mol. The van der Waals surface area contributed by atoms with Crippen LogP contribution in [-0.4, -0.2) is 37.1 Å². The first-order chi connectivity index (χ1) is 9.20. The first kappa shape index (κ1) is 14.5. The predicted molar refractivity (Wildman–Crippen MR) is 79.3 cm³/mol. The van der Waals surface area contributed by atoms with Gasteiger partial charge in [0, 0.05) is 35.7 Å². The molecule has 104 valence electrons. The van der Waals surface area contributed by atoms with Gasteiger partial charge in [-0.05, 0) is 31.0 Å². The standard InChI is InChI=1S/C15H20BrNO2/c1-2-7-17(10-12-6-8-19-11-12)15(18)13-4-3-5-14(16)9-13/h3-5,9,12H,2,6-8,10-11H2,1H3. The van der Waals surface area contributed by atoms with E-state index in [2.05, 4.69) is 22.9 Å². The Morgan fingerprint density at radius 3 is 3.00 bits per heavy atom. The first-order valence-electron chi connectivity index (χ1n) is 6.83. The number of rotatable bonds is 5. The summed E-state index contributed by atoms with van der Waals surface area (Å²) in [5.74, 6) is 0.609. The smallest absolute Gasteiger partial charge is 0.253 e. The van der Waals surface area contributed by atoms with E-state index in [1.165, 1.54) is 0 Å². The predicted octanol–water partition coefficient (Wildman–Crippen LogP) is 3.34. The highest BCUT2D eigenvalue weighted by Crippen LogP contribution is 2.18. The lowest BCUT2D eigenvalue weighted by Gasteiger charge is -2.25. The molecule has 1 atom stereocenters. The monoisotopic (exact) mass is 325 g/mol. The normalized spacial score (nSPS) is 18.5. The van der Waals surface area contributed by atoms with Crippen molar-refractivity contribution in [1.29, 1.82) is 0 Å². The Morgan fingerprint density at radius 1 is 1.53 bits per heavy atom. The van der Waals surface area contributed by atoms with Gasteiger partial charge in [-0.2, -0.15) is 0 Å². The number of nitrogens with zero attached hydrogens (tertiary/aromatic N) is 1. The Morgan fingerprint density at radius 2 is 2.37 bits per heavy atom. The summed E-state index contributed by atoms with van der Waals surface area (Å²) >= 11 is 3.42. The zero-order chi connectivity index (χ0) is 13.7. The van der Waals surface area contributed by atoms with E-state index in [1.807, 2.05) is 29.2 Å². The maximum absolute atomic E-state index is 12.5. The Hall–Kier alpha value is -0.870. The third-order valence-corrected chi connectivity index (χ3v) is 3.85. The number of hydrogen-bond acceptors (Lipinski definition) is 2. The van der Waals surface area contributed by atoms with E-state index in [9.17, 15) is 4.79 Å². The zero-order valence-electron chi connectivity index (χ0n) is 11.3. The van der Waals surface area contributed by atoms with Crippen molar-refractivity contribution in [1.82, 2.24) is 4.90 Å². The minimum atomic E-state index is 0.120. The van der Waals surface area contributed by atoms with Gasteiger partial charge in [0.1, 0.15) is 0 Å². The van der Waals surface area contributed by atoms with Gasteiger partial charge >= 0.3 is 0 Å². The molecule has 1 aliphatic heterocycles. The second-order valence-corrected chi connectivity index (χ2v) is 5.91. The van der Waals surface area contributed by atoms with Crippen molar-refractivity contribution >= 4 is 21.8 Å². The fourth-order valence-corrected chi connectivity index (χ4v) is 2.79. The number of carbonyl (C=O) groups excluding carboxylic acids is 1. The summed E-state index contributed by atoms with van der Waals surface area (Å²) in [6, 6.07) is 7.60. The van der Waals surface area contributed by atoms with Crippen LogP contribution in [0.5, 0.6) is 0 Å². The Bertz CT molecular complexity index is 430. The zero-order valence-corrected chi connectivity index (χ0v) is 12.9. The number of carbonyl (C=O) groups is 1. The number of halogens is 1. The lowest BCUT2D eigenvalue weighted by Crippen LogP contribution is -2.36. The van der Waals surface area contributed by atoms with Gasteiger partial charge in [-0.25, -0.2) is 0 Å². The second kappa shape index (κ2) is 7.06. The average Bonchev–Trinajstić information content (AvgIpc) is 2.90. The summed E-state index contributed by atoms with van der Waals surface area (Å²) in [6.07, 6.45) is 2.04. The third-order valence-electron chi connectivity index (χ3n) is 3.35.